The molecule has 1 heterocycles. The number of ether oxygens (including phenoxy) is 3. The second-order valence-electron chi connectivity index (χ2n) is 3.88. The molecule has 0 amide bonds. The van der Waals surface area contributed by atoms with Gasteiger partial charge in [-0.1, -0.05) is 0 Å². The molecule has 5 heteroatoms. The zero-order valence-corrected chi connectivity index (χ0v) is 8.80. The summed E-state index contributed by atoms with van der Waals surface area (Å²) in [6.45, 7) is 4.52. The third kappa shape index (κ3) is 2.04. The molecule has 0 bridgehead atoms. The van der Waals surface area contributed by atoms with Gasteiger partial charge in [0.2, 0.25) is 5.67 Å². The van der Waals surface area contributed by atoms with E-state index in [1.165, 1.54) is 0 Å². The highest BCUT2D eigenvalue weighted by Gasteiger charge is 2.50. The van der Waals surface area contributed by atoms with Gasteiger partial charge in [-0.25, -0.2) is 9.18 Å². The first-order valence-electron chi connectivity index (χ1n) is 4.39. The van der Waals surface area contributed by atoms with Gasteiger partial charge in [0.05, 0.1) is 13.7 Å². The van der Waals surface area contributed by atoms with Gasteiger partial charge in [-0.15, -0.1) is 0 Å². The molecule has 0 radical (unpaired) electrons. The smallest absolute Gasteiger partial charge is 0.346 e. The van der Waals surface area contributed by atoms with E-state index in [-0.39, 0.29) is 6.61 Å². The molecule has 82 valence electrons. The van der Waals surface area contributed by atoms with E-state index < -0.39 is 23.5 Å². The molecule has 4 nitrogen and oxygen atoms in total. The molecule has 0 spiro atoms. The van der Waals surface area contributed by atoms with Crippen LogP contribution in [-0.4, -0.2) is 37.2 Å². The van der Waals surface area contributed by atoms with Crippen molar-refractivity contribution >= 4 is 5.97 Å². The van der Waals surface area contributed by atoms with Gasteiger partial charge in [0.15, 0.2) is 5.79 Å². The normalized spacial score (nSPS) is 29.6. The maximum Gasteiger partial charge on any atom is 0.346 e. The van der Waals surface area contributed by atoms with Crippen LogP contribution in [0.25, 0.3) is 0 Å². The number of esters is 1. The van der Waals surface area contributed by atoms with E-state index >= 15 is 0 Å². The van der Waals surface area contributed by atoms with E-state index in [0.717, 1.165) is 14.0 Å². The van der Waals surface area contributed by atoms with Crippen LogP contribution in [0.3, 0.4) is 0 Å². The summed E-state index contributed by atoms with van der Waals surface area (Å²) in [4.78, 5) is 11.1. The Balaban J connectivity index is 2.71. The lowest BCUT2D eigenvalue weighted by Crippen LogP contribution is -2.45. The molecule has 0 aromatic rings. The highest BCUT2D eigenvalue weighted by Crippen LogP contribution is 2.31. The Bertz CT molecular complexity index is 237. The summed E-state index contributed by atoms with van der Waals surface area (Å²) in [5, 5.41) is 0. The standard InChI is InChI=1S/C9H15FO4/c1-8(2)13-5-6(14-8)9(3,10)7(11)12-4/h6H,5H2,1-4H3/t6-,9?/m0/s1. The van der Waals surface area contributed by atoms with Gasteiger partial charge in [0.25, 0.3) is 0 Å². The van der Waals surface area contributed by atoms with Crippen molar-refractivity contribution < 1.29 is 23.4 Å². The number of alkyl halides is 1. The van der Waals surface area contributed by atoms with Crippen LogP contribution in [0.1, 0.15) is 20.8 Å². The molecular formula is C9H15FO4. The van der Waals surface area contributed by atoms with Crippen molar-refractivity contribution in [2.24, 2.45) is 0 Å². The monoisotopic (exact) mass is 206 g/mol. The maximum atomic E-state index is 13.9. The number of hydrogen-bond acceptors (Lipinski definition) is 4. The topological polar surface area (TPSA) is 44.8 Å². The molecule has 0 saturated carbocycles. The summed E-state index contributed by atoms with van der Waals surface area (Å²) in [5.74, 6) is -1.78. The first-order chi connectivity index (χ1) is 6.29. The second kappa shape index (κ2) is 3.47. The van der Waals surface area contributed by atoms with Crippen LogP contribution in [0.5, 0.6) is 0 Å². The Hall–Kier alpha value is -0.680. The fourth-order valence-corrected chi connectivity index (χ4v) is 1.29. The minimum absolute atomic E-state index is 0.0507. The predicted molar refractivity (Wildman–Crippen MR) is 46.4 cm³/mol. The van der Waals surface area contributed by atoms with Crippen molar-refractivity contribution in [3.63, 3.8) is 0 Å². The SMILES string of the molecule is COC(=O)C(C)(F)[C@@H]1COC(C)(C)O1. The third-order valence-electron chi connectivity index (χ3n) is 2.20. The van der Waals surface area contributed by atoms with E-state index in [2.05, 4.69) is 4.74 Å². The lowest BCUT2D eigenvalue weighted by molar-refractivity contribution is -0.176. The van der Waals surface area contributed by atoms with Gasteiger partial charge in [-0.3, -0.25) is 0 Å². The van der Waals surface area contributed by atoms with Crippen LogP contribution in [0.2, 0.25) is 0 Å². The predicted octanol–water partition coefficient (Wildman–Crippen LogP) is 1.04. The molecule has 2 atom stereocenters. The molecule has 0 aromatic carbocycles. The summed E-state index contributed by atoms with van der Waals surface area (Å²) in [6, 6.07) is 0. The van der Waals surface area contributed by atoms with Crippen molar-refractivity contribution in [2.75, 3.05) is 13.7 Å². The van der Waals surface area contributed by atoms with Crippen LogP contribution in [0, 0.1) is 0 Å². The highest BCUT2D eigenvalue weighted by molar-refractivity contribution is 5.79. The number of methoxy groups -OCH3 is 1. The maximum absolute atomic E-state index is 13.9. The van der Waals surface area contributed by atoms with Crippen molar-refractivity contribution in [1.29, 1.82) is 0 Å². The van der Waals surface area contributed by atoms with Crippen LogP contribution in [0.4, 0.5) is 4.39 Å². The molecule has 1 aliphatic heterocycles. The van der Waals surface area contributed by atoms with Gasteiger partial charge < -0.3 is 14.2 Å². The molecule has 1 fully saturated rings. The molecule has 1 rings (SSSR count). The van der Waals surface area contributed by atoms with E-state index in [1.807, 2.05) is 0 Å². The first kappa shape index (κ1) is 11.4. The summed E-state index contributed by atoms with van der Waals surface area (Å²) in [6.07, 6.45) is -0.912. The Morgan fingerprint density at radius 2 is 2.21 bits per heavy atom. The lowest BCUT2D eigenvalue weighted by Gasteiger charge is -2.24. The van der Waals surface area contributed by atoms with Crippen molar-refractivity contribution in [1.82, 2.24) is 0 Å². The van der Waals surface area contributed by atoms with Crippen molar-refractivity contribution in [3.05, 3.63) is 0 Å². The van der Waals surface area contributed by atoms with E-state index in [4.69, 9.17) is 9.47 Å². The summed E-state index contributed by atoms with van der Waals surface area (Å²) in [5.41, 5.74) is -2.16. The van der Waals surface area contributed by atoms with Gasteiger partial charge in [0, 0.05) is 0 Å². The van der Waals surface area contributed by atoms with Gasteiger partial charge in [-0.05, 0) is 20.8 Å². The van der Waals surface area contributed by atoms with Gasteiger partial charge in [0.1, 0.15) is 6.10 Å². The minimum atomic E-state index is -2.16. The molecule has 1 aliphatic rings. The molecule has 0 aliphatic carbocycles. The average molecular weight is 206 g/mol. The lowest BCUT2D eigenvalue weighted by atomic mass is 10.0. The number of carbonyl (C=O) groups excluding carboxylic acids is 1. The van der Waals surface area contributed by atoms with Crippen molar-refractivity contribution in [2.45, 2.75) is 38.3 Å². The summed E-state index contributed by atoms with van der Waals surface area (Å²) < 4.78 is 28.6. The Morgan fingerprint density at radius 1 is 1.64 bits per heavy atom. The fourth-order valence-electron chi connectivity index (χ4n) is 1.29. The van der Waals surface area contributed by atoms with E-state index in [9.17, 15) is 9.18 Å². The Kier molecular flexibility index (Phi) is 2.83. The van der Waals surface area contributed by atoms with Crippen LogP contribution >= 0.6 is 0 Å². The zero-order chi connectivity index (χ0) is 11.0. The minimum Gasteiger partial charge on any atom is -0.467 e. The summed E-state index contributed by atoms with van der Waals surface area (Å²) >= 11 is 0. The second-order valence-corrected chi connectivity index (χ2v) is 3.88. The zero-order valence-electron chi connectivity index (χ0n) is 8.80. The van der Waals surface area contributed by atoms with Crippen LogP contribution in [-0.2, 0) is 19.0 Å². The van der Waals surface area contributed by atoms with E-state index in [0.29, 0.717) is 0 Å². The number of carbonyl (C=O) groups is 1. The number of halogens is 1. The first-order valence-corrected chi connectivity index (χ1v) is 4.39. The molecule has 0 aromatic heterocycles. The summed E-state index contributed by atoms with van der Waals surface area (Å²) in [7, 11) is 1.14. The molecule has 1 unspecified atom stereocenters. The number of rotatable bonds is 2. The quantitative estimate of drug-likeness (QED) is 0.633. The largest absolute Gasteiger partial charge is 0.467 e. The molecule has 14 heavy (non-hydrogen) atoms. The molecule has 0 N–H and O–H groups in total. The van der Waals surface area contributed by atoms with E-state index in [1.54, 1.807) is 13.8 Å². The van der Waals surface area contributed by atoms with Crippen LogP contribution < -0.4 is 0 Å². The van der Waals surface area contributed by atoms with Gasteiger partial charge in [-0.2, -0.15) is 0 Å². The number of hydrogen-bond donors (Lipinski definition) is 0. The highest BCUT2D eigenvalue weighted by atomic mass is 19.1. The average Bonchev–Trinajstić information content (AvgIpc) is 2.45. The van der Waals surface area contributed by atoms with Crippen molar-refractivity contribution in [3.8, 4) is 0 Å². The third-order valence-corrected chi connectivity index (χ3v) is 2.20. The fraction of sp³-hybridized carbons (Fsp3) is 0.889. The Labute approximate surface area is 82.3 Å². The molecule has 1 saturated heterocycles. The van der Waals surface area contributed by atoms with Crippen LogP contribution in [0.15, 0.2) is 0 Å². The Morgan fingerprint density at radius 3 is 2.57 bits per heavy atom. The molecular weight excluding hydrogens is 191 g/mol. The van der Waals surface area contributed by atoms with Gasteiger partial charge >= 0.3 is 5.97 Å².